The van der Waals surface area contributed by atoms with Crippen LogP contribution >= 0.6 is 0 Å². The van der Waals surface area contributed by atoms with E-state index in [4.69, 9.17) is 4.98 Å². The summed E-state index contributed by atoms with van der Waals surface area (Å²) in [5, 5.41) is 7.54. The predicted molar refractivity (Wildman–Crippen MR) is 107 cm³/mol. The largest absolute Gasteiger partial charge is 0.356 e. The molecule has 0 aliphatic carbocycles. The summed E-state index contributed by atoms with van der Waals surface area (Å²) in [7, 11) is 3.61. The number of nitrogens with zero attached hydrogens (tertiary/aromatic N) is 7. The molecule has 9 heteroatoms. The average molecular weight is 384 g/mol. The number of aromatic nitrogens is 4. The minimum atomic E-state index is 0.0592. The van der Waals surface area contributed by atoms with Gasteiger partial charge in [0.2, 0.25) is 5.91 Å². The van der Waals surface area contributed by atoms with Crippen LogP contribution in [0.1, 0.15) is 24.4 Å². The second-order valence-electron chi connectivity index (χ2n) is 7.36. The molecule has 1 N–H and O–H groups in total. The summed E-state index contributed by atoms with van der Waals surface area (Å²) in [4.78, 5) is 25.5. The van der Waals surface area contributed by atoms with E-state index in [1.807, 2.05) is 18.1 Å². The highest BCUT2D eigenvalue weighted by molar-refractivity contribution is 5.98. The maximum atomic E-state index is 12.6. The highest BCUT2D eigenvalue weighted by atomic mass is 16.2. The SMILES string of the molecule is CN=C(NCCc1cn2c(n1)CCCC2)N1CCN(c2cnn(C)c2)C(=O)C1. The van der Waals surface area contributed by atoms with Crippen LogP contribution in [0.15, 0.2) is 23.6 Å². The van der Waals surface area contributed by atoms with E-state index < -0.39 is 0 Å². The molecule has 2 aliphatic heterocycles. The van der Waals surface area contributed by atoms with Crippen molar-refractivity contribution in [2.24, 2.45) is 12.0 Å². The van der Waals surface area contributed by atoms with E-state index in [1.54, 1.807) is 22.8 Å². The number of anilines is 1. The van der Waals surface area contributed by atoms with Gasteiger partial charge in [-0.3, -0.25) is 14.5 Å². The van der Waals surface area contributed by atoms with Crippen molar-refractivity contribution in [3.05, 3.63) is 30.1 Å². The molecule has 0 radical (unpaired) electrons. The maximum absolute atomic E-state index is 12.6. The maximum Gasteiger partial charge on any atom is 0.246 e. The Hall–Kier alpha value is -2.84. The van der Waals surface area contributed by atoms with Crippen LogP contribution in [0.2, 0.25) is 0 Å². The zero-order valence-electron chi connectivity index (χ0n) is 16.6. The van der Waals surface area contributed by atoms with Gasteiger partial charge >= 0.3 is 0 Å². The molecule has 4 heterocycles. The van der Waals surface area contributed by atoms with Crippen LogP contribution in [0.25, 0.3) is 0 Å². The number of carbonyl (C=O) groups is 1. The summed E-state index contributed by atoms with van der Waals surface area (Å²) in [5.74, 6) is 2.04. The Bertz CT molecular complexity index is 844. The molecule has 0 aromatic carbocycles. The first kappa shape index (κ1) is 18.5. The van der Waals surface area contributed by atoms with Crippen molar-refractivity contribution in [1.82, 2.24) is 29.5 Å². The number of nitrogens with one attached hydrogen (secondary N) is 1. The van der Waals surface area contributed by atoms with Crippen molar-refractivity contribution >= 4 is 17.6 Å². The van der Waals surface area contributed by atoms with E-state index in [-0.39, 0.29) is 5.91 Å². The highest BCUT2D eigenvalue weighted by Crippen LogP contribution is 2.16. The lowest BCUT2D eigenvalue weighted by Gasteiger charge is -2.35. The van der Waals surface area contributed by atoms with Crippen LogP contribution in [0, 0.1) is 0 Å². The fourth-order valence-corrected chi connectivity index (χ4v) is 3.90. The van der Waals surface area contributed by atoms with Crippen molar-refractivity contribution in [3.8, 4) is 0 Å². The van der Waals surface area contributed by atoms with Crippen LogP contribution in [0.5, 0.6) is 0 Å². The van der Waals surface area contributed by atoms with Crippen molar-refractivity contribution < 1.29 is 4.79 Å². The summed E-state index contributed by atoms with van der Waals surface area (Å²) in [6, 6.07) is 0. The second-order valence-corrected chi connectivity index (χ2v) is 7.36. The van der Waals surface area contributed by atoms with E-state index in [9.17, 15) is 4.79 Å². The van der Waals surface area contributed by atoms with E-state index in [1.165, 1.54) is 18.7 Å². The Labute approximate surface area is 165 Å². The fraction of sp³-hybridized carbons (Fsp3) is 0.579. The molecule has 2 aromatic rings. The lowest BCUT2D eigenvalue weighted by Crippen LogP contribution is -2.55. The predicted octanol–water partition coefficient (Wildman–Crippen LogP) is 0.420. The molecule has 150 valence electrons. The quantitative estimate of drug-likeness (QED) is 0.610. The monoisotopic (exact) mass is 384 g/mol. The zero-order valence-corrected chi connectivity index (χ0v) is 16.6. The third-order valence-electron chi connectivity index (χ3n) is 5.36. The minimum absolute atomic E-state index is 0.0592. The molecule has 1 amide bonds. The van der Waals surface area contributed by atoms with Crippen LogP contribution in [-0.4, -0.2) is 69.3 Å². The van der Waals surface area contributed by atoms with E-state index in [2.05, 4.69) is 26.2 Å². The van der Waals surface area contributed by atoms with Gasteiger partial charge in [0.25, 0.3) is 0 Å². The van der Waals surface area contributed by atoms with Gasteiger partial charge in [-0.25, -0.2) is 4.98 Å². The Kier molecular flexibility index (Phi) is 5.31. The van der Waals surface area contributed by atoms with Gasteiger partial charge in [0.1, 0.15) is 12.4 Å². The topological polar surface area (TPSA) is 83.6 Å². The van der Waals surface area contributed by atoms with Crippen molar-refractivity contribution in [2.75, 3.05) is 38.1 Å². The standard InChI is InChI=1S/C19H28N8O/c1-20-19(21-7-6-15-12-25-8-4-3-5-17(25)23-15)26-9-10-27(18(28)14-26)16-11-22-24(2)13-16/h11-13H,3-10,14H2,1-2H3,(H,20,21). The highest BCUT2D eigenvalue weighted by Gasteiger charge is 2.27. The Morgan fingerprint density at radius 2 is 2.14 bits per heavy atom. The first-order valence-corrected chi connectivity index (χ1v) is 9.93. The van der Waals surface area contributed by atoms with Gasteiger partial charge in [0.15, 0.2) is 5.96 Å². The number of carbonyl (C=O) groups excluding carboxylic acids is 1. The summed E-state index contributed by atoms with van der Waals surface area (Å²) in [6.45, 7) is 3.51. The average Bonchev–Trinajstić information content (AvgIpc) is 3.31. The van der Waals surface area contributed by atoms with Gasteiger partial charge < -0.3 is 19.7 Å². The molecular weight excluding hydrogens is 356 g/mol. The number of aryl methyl sites for hydroxylation is 3. The van der Waals surface area contributed by atoms with Gasteiger partial charge in [0, 0.05) is 65.5 Å². The first-order valence-electron chi connectivity index (χ1n) is 9.93. The summed E-state index contributed by atoms with van der Waals surface area (Å²) < 4.78 is 3.99. The van der Waals surface area contributed by atoms with Gasteiger partial charge in [-0.2, -0.15) is 5.10 Å². The summed E-state index contributed by atoms with van der Waals surface area (Å²) >= 11 is 0. The fourth-order valence-electron chi connectivity index (χ4n) is 3.90. The normalized spacial score (nSPS) is 17.8. The van der Waals surface area contributed by atoms with E-state index in [0.717, 1.165) is 49.8 Å². The molecule has 0 saturated carbocycles. The summed E-state index contributed by atoms with van der Waals surface area (Å²) in [6.07, 6.45) is 10.2. The lowest BCUT2D eigenvalue weighted by molar-refractivity contribution is -0.120. The number of hydrogen-bond donors (Lipinski definition) is 1. The van der Waals surface area contributed by atoms with Crippen LogP contribution < -0.4 is 10.2 Å². The van der Waals surface area contributed by atoms with Crippen molar-refractivity contribution in [2.45, 2.75) is 32.2 Å². The second kappa shape index (κ2) is 8.04. The molecule has 2 aromatic heterocycles. The number of imidazole rings is 1. The number of piperazine rings is 1. The number of fused-ring (bicyclic) bond motifs is 1. The van der Waals surface area contributed by atoms with Gasteiger partial charge in [0.05, 0.1) is 17.6 Å². The number of aliphatic imine (C=N–C) groups is 1. The molecule has 2 aliphatic rings. The Morgan fingerprint density at radius 1 is 1.25 bits per heavy atom. The minimum Gasteiger partial charge on any atom is -0.356 e. The van der Waals surface area contributed by atoms with Gasteiger partial charge in [-0.15, -0.1) is 0 Å². The van der Waals surface area contributed by atoms with Crippen molar-refractivity contribution in [3.63, 3.8) is 0 Å². The van der Waals surface area contributed by atoms with Gasteiger partial charge in [-0.1, -0.05) is 0 Å². The Balaban J connectivity index is 1.30. The number of rotatable bonds is 4. The molecular formula is C19H28N8O. The Morgan fingerprint density at radius 3 is 2.86 bits per heavy atom. The first-order chi connectivity index (χ1) is 13.6. The molecule has 0 unspecified atom stereocenters. The van der Waals surface area contributed by atoms with E-state index in [0.29, 0.717) is 13.1 Å². The van der Waals surface area contributed by atoms with Crippen LogP contribution in [0.4, 0.5) is 5.69 Å². The zero-order chi connectivity index (χ0) is 19.5. The molecule has 0 atom stereocenters. The van der Waals surface area contributed by atoms with Crippen LogP contribution in [-0.2, 0) is 31.2 Å². The number of hydrogen-bond acceptors (Lipinski definition) is 4. The van der Waals surface area contributed by atoms with E-state index >= 15 is 0 Å². The summed E-state index contributed by atoms with van der Waals surface area (Å²) in [5.41, 5.74) is 1.97. The molecule has 9 nitrogen and oxygen atoms in total. The molecule has 0 bridgehead atoms. The number of guanidine groups is 1. The third kappa shape index (κ3) is 3.88. The molecule has 1 fully saturated rings. The molecule has 4 rings (SSSR count). The van der Waals surface area contributed by atoms with Crippen LogP contribution in [0.3, 0.4) is 0 Å². The molecule has 1 saturated heterocycles. The van der Waals surface area contributed by atoms with Crippen molar-refractivity contribution in [1.29, 1.82) is 0 Å². The van der Waals surface area contributed by atoms with Gasteiger partial charge in [-0.05, 0) is 12.8 Å². The lowest BCUT2D eigenvalue weighted by atomic mass is 10.2. The smallest absolute Gasteiger partial charge is 0.246 e. The molecule has 28 heavy (non-hydrogen) atoms. The molecule has 0 spiro atoms. The number of amides is 1. The third-order valence-corrected chi connectivity index (χ3v) is 5.36.